The number of aliphatic hydroxyl groups is 1. The van der Waals surface area contributed by atoms with E-state index >= 15 is 0 Å². The lowest BCUT2D eigenvalue weighted by atomic mass is 10.1. The van der Waals surface area contributed by atoms with Gasteiger partial charge in [0.05, 0.1) is 18.7 Å². The number of nitrogens with zero attached hydrogens (tertiary/aromatic N) is 1. The van der Waals surface area contributed by atoms with Gasteiger partial charge in [-0.2, -0.15) is 5.26 Å². The van der Waals surface area contributed by atoms with Gasteiger partial charge in [0.15, 0.2) is 5.75 Å². The third kappa shape index (κ3) is 3.62. The van der Waals surface area contributed by atoms with E-state index in [-0.39, 0.29) is 6.61 Å². The summed E-state index contributed by atoms with van der Waals surface area (Å²) < 4.78 is 24.9. The molecule has 0 aliphatic heterocycles. The summed E-state index contributed by atoms with van der Waals surface area (Å²) >= 11 is 0. The summed E-state index contributed by atoms with van der Waals surface area (Å²) in [6.45, 7) is -0.353. The summed E-state index contributed by atoms with van der Waals surface area (Å²) in [5.74, 6) is -0.615. The van der Waals surface area contributed by atoms with E-state index in [1.165, 1.54) is 0 Å². The van der Waals surface area contributed by atoms with Crippen molar-refractivity contribution >= 4 is 10.0 Å². The minimum Gasteiger partial charge on any atom is -0.394 e. The lowest BCUT2D eigenvalue weighted by molar-refractivity contribution is 0.259. The molecule has 0 radical (unpaired) electrons. The maximum absolute atomic E-state index is 11.3. The van der Waals surface area contributed by atoms with Crippen LogP contribution in [0.4, 0.5) is 0 Å². The van der Waals surface area contributed by atoms with Crippen LogP contribution < -0.4 is 4.72 Å². The number of nitrogens with one attached hydrogen (secondary N) is 1. The Kier molecular flexibility index (Phi) is 4.43. The molecule has 0 amide bonds. The van der Waals surface area contributed by atoms with Gasteiger partial charge in [-0.25, -0.2) is 13.1 Å². The third-order valence-electron chi connectivity index (χ3n) is 1.96. The topological polar surface area (TPSA) is 90.2 Å². The first-order valence-electron chi connectivity index (χ1n) is 4.62. The van der Waals surface area contributed by atoms with Gasteiger partial charge in [-0.3, -0.25) is 0 Å². The fourth-order valence-electron chi connectivity index (χ4n) is 1.24. The fraction of sp³-hybridized carbons (Fsp3) is 0.300. The monoisotopic (exact) mass is 240 g/mol. The van der Waals surface area contributed by atoms with Crippen molar-refractivity contribution in [3.05, 3.63) is 35.9 Å². The van der Waals surface area contributed by atoms with Gasteiger partial charge in [-0.1, -0.05) is 30.3 Å². The number of hydrogen-bond donors (Lipinski definition) is 2. The van der Waals surface area contributed by atoms with E-state index in [0.717, 1.165) is 0 Å². The Hall–Kier alpha value is -1.42. The molecule has 5 nitrogen and oxygen atoms in total. The van der Waals surface area contributed by atoms with Crippen LogP contribution in [-0.4, -0.2) is 25.9 Å². The van der Waals surface area contributed by atoms with Crippen LogP contribution in [0, 0.1) is 11.3 Å². The molecule has 6 heteroatoms. The number of nitriles is 1. The highest BCUT2D eigenvalue weighted by Crippen LogP contribution is 2.12. The zero-order valence-electron chi connectivity index (χ0n) is 8.50. The van der Waals surface area contributed by atoms with Crippen molar-refractivity contribution in [2.75, 3.05) is 12.4 Å². The van der Waals surface area contributed by atoms with E-state index in [1.54, 1.807) is 36.4 Å². The molecule has 1 rings (SSSR count). The van der Waals surface area contributed by atoms with Gasteiger partial charge < -0.3 is 5.11 Å². The lowest BCUT2D eigenvalue weighted by Gasteiger charge is -2.15. The van der Waals surface area contributed by atoms with Crippen molar-refractivity contribution in [1.29, 1.82) is 5.26 Å². The lowest BCUT2D eigenvalue weighted by Crippen LogP contribution is -2.32. The SMILES string of the molecule is N#CCS(=O)(=O)N[C@H](CO)c1ccccc1. The van der Waals surface area contributed by atoms with Crippen molar-refractivity contribution in [3.8, 4) is 6.07 Å². The van der Waals surface area contributed by atoms with E-state index < -0.39 is 21.8 Å². The molecular formula is C10H12N2O3S. The number of benzene rings is 1. The van der Waals surface area contributed by atoms with Crippen molar-refractivity contribution in [3.63, 3.8) is 0 Å². The second-order valence-electron chi connectivity index (χ2n) is 3.18. The molecule has 0 aliphatic rings. The Labute approximate surface area is 94.4 Å². The van der Waals surface area contributed by atoms with Gasteiger partial charge in [-0.15, -0.1) is 0 Å². The average molecular weight is 240 g/mol. The molecule has 0 aromatic heterocycles. The molecule has 1 aromatic carbocycles. The first-order chi connectivity index (χ1) is 7.59. The molecule has 0 fully saturated rings. The highest BCUT2D eigenvalue weighted by molar-refractivity contribution is 7.89. The Morgan fingerprint density at radius 1 is 1.38 bits per heavy atom. The summed E-state index contributed by atoms with van der Waals surface area (Å²) in [5, 5.41) is 17.4. The largest absolute Gasteiger partial charge is 0.394 e. The number of aliphatic hydroxyl groups excluding tert-OH is 1. The van der Waals surface area contributed by atoms with E-state index in [1.807, 2.05) is 0 Å². The number of sulfonamides is 1. The van der Waals surface area contributed by atoms with Crippen LogP contribution in [-0.2, 0) is 10.0 Å². The first kappa shape index (κ1) is 12.6. The third-order valence-corrected chi connectivity index (χ3v) is 3.11. The Morgan fingerprint density at radius 3 is 2.50 bits per heavy atom. The zero-order chi connectivity index (χ0) is 12.0. The van der Waals surface area contributed by atoms with Gasteiger partial charge in [0.1, 0.15) is 0 Å². The highest BCUT2D eigenvalue weighted by Gasteiger charge is 2.18. The molecule has 0 spiro atoms. The van der Waals surface area contributed by atoms with Crippen LogP contribution in [0.3, 0.4) is 0 Å². The molecule has 0 saturated heterocycles. The summed E-state index contributed by atoms with van der Waals surface area (Å²) in [7, 11) is -3.66. The predicted molar refractivity (Wildman–Crippen MR) is 58.8 cm³/mol. The van der Waals surface area contributed by atoms with E-state index in [0.29, 0.717) is 5.56 Å². The molecule has 0 unspecified atom stereocenters. The normalized spacial score (nSPS) is 13.0. The van der Waals surface area contributed by atoms with Crippen molar-refractivity contribution < 1.29 is 13.5 Å². The Balaban J connectivity index is 2.83. The predicted octanol–water partition coefficient (Wildman–Crippen LogP) is 0.163. The number of rotatable bonds is 5. The van der Waals surface area contributed by atoms with Crippen LogP contribution in [0.2, 0.25) is 0 Å². The van der Waals surface area contributed by atoms with E-state index in [2.05, 4.69) is 4.72 Å². The second-order valence-corrected chi connectivity index (χ2v) is 4.93. The zero-order valence-corrected chi connectivity index (χ0v) is 9.31. The maximum atomic E-state index is 11.3. The summed E-state index contributed by atoms with van der Waals surface area (Å²) in [6.07, 6.45) is 0. The summed E-state index contributed by atoms with van der Waals surface area (Å²) in [5.41, 5.74) is 0.659. The Bertz CT molecular complexity index is 465. The molecule has 0 saturated carbocycles. The van der Waals surface area contributed by atoms with Crippen molar-refractivity contribution in [2.45, 2.75) is 6.04 Å². The first-order valence-corrected chi connectivity index (χ1v) is 6.27. The molecule has 1 aromatic rings. The number of hydrogen-bond acceptors (Lipinski definition) is 4. The van der Waals surface area contributed by atoms with Crippen LogP contribution in [0.5, 0.6) is 0 Å². The van der Waals surface area contributed by atoms with Crippen LogP contribution in [0.1, 0.15) is 11.6 Å². The molecule has 86 valence electrons. The quantitative estimate of drug-likeness (QED) is 0.767. The summed E-state index contributed by atoms with van der Waals surface area (Å²) in [4.78, 5) is 0. The van der Waals surface area contributed by atoms with Gasteiger partial charge in [-0.05, 0) is 5.56 Å². The van der Waals surface area contributed by atoms with Crippen LogP contribution >= 0.6 is 0 Å². The smallest absolute Gasteiger partial charge is 0.225 e. The van der Waals surface area contributed by atoms with Gasteiger partial charge >= 0.3 is 0 Å². The fourth-order valence-corrected chi connectivity index (χ4v) is 2.14. The van der Waals surface area contributed by atoms with Crippen LogP contribution in [0.25, 0.3) is 0 Å². The molecule has 0 heterocycles. The summed E-state index contributed by atoms with van der Waals surface area (Å²) in [6, 6.07) is 9.54. The van der Waals surface area contributed by atoms with Crippen LogP contribution in [0.15, 0.2) is 30.3 Å². The Morgan fingerprint density at radius 2 is 2.00 bits per heavy atom. The average Bonchev–Trinajstić information content (AvgIpc) is 2.27. The highest BCUT2D eigenvalue weighted by atomic mass is 32.2. The maximum Gasteiger partial charge on any atom is 0.225 e. The standard InChI is InChI=1S/C10H12N2O3S/c11-6-7-16(14,15)12-10(8-13)9-4-2-1-3-5-9/h1-5,10,12-13H,7-8H2/t10-/m1/s1. The minimum atomic E-state index is -3.66. The van der Waals surface area contributed by atoms with Crippen molar-refractivity contribution in [1.82, 2.24) is 4.72 Å². The molecule has 2 N–H and O–H groups in total. The minimum absolute atomic E-state index is 0.353. The van der Waals surface area contributed by atoms with Gasteiger partial charge in [0.2, 0.25) is 10.0 Å². The van der Waals surface area contributed by atoms with Crippen molar-refractivity contribution in [2.24, 2.45) is 0 Å². The molecular weight excluding hydrogens is 228 g/mol. The second kappa shape index (κ2) is 5.61. The van der Waals surface area contributed by atoms with E-state index in [9.17, 15) is 8.42 Å². The van der Waals surface area contributed by atoms with E-state index in [4.69, 9.17) is 10.4 Å². The molecule has 16 heavy (non-hydrogen) atoms. The van der Waals surface area contributed by atoms with Gasteiger partial charge in [0.25, 0.3) is 0 Å². The molecule has 0 aliphatic carbocycles. The molecule has 1 atom stereocenters. The van der Waals surface area contributed by atoms with Gasteiger partial charge in [0, 0.05) is 0 Å². The molecule has 0 bridgehead atoms.